The third-order valence-corrected chi connectivity index (χ3v) is 9.36. The summed E-state index contributed by atoms with van der Waals surface area (Å²) < 4.78 is 24.2. The van der Waals surface area contributed by atoms with Crippen molar-refractivity contribution < 1.29 is 13.2 Å². The Hall–Kier alpha value is -2.45. The van der Waals surface area contributed by atoms with Crippen molar-refractivity contribution in [2.24, 2.45) is 0 Å². The number of carbonyl (C=O) groups is 1. The number of nitrogens with zero attached hydrogens (tertiary/aromatic N) is 3. The molecule has 1 aromatic heterocycles. The lowest BCUT2D eigenvalue weighted by atomic mass is 10.1. The van der Waals surface area contributed by atoms with Crippen LogP contribution < -0.4 is 0 Å². The molecule has 1 amide bonds. The van der Waals surface area contributed by atoms with Crippen LogP contribution in [-0.4, -0.2) is 58.8 Å². The molecule has 172 valence electrons. The third-order valence-electron chi connectivity index (χ3n) is 6.64. The summed E-state index contributed by atoms with van der Waals surface area (Å²) in [6.45, 7) is 0. The van der Waals surface area contributed by atoms with Crippen molar-refractivity contribution in [1.29, 1.82) is 0 Å². The normalized spacial score (nSPS) is 20.3. The van der Waals surface area contributed by atoms with Crippen LogP contribution in [0.4, 0.5) is 0 Å². The van der Waals surface area contributed by atoms with Gasteiger partial charge in [0.15, 0.2) is 9.84 Å². The molecule has 0 radical (unpaired) electrons. The van der Waals surface area contributed by atoms with E-state index in [-0.39, 0.29) is 35.2 Å². The fraction of sp³-hybridized carbons (Fsp3) is 0.400. The smallest absolute Gasteiger partial charge is 0.233 e. The van der Waals surface area contributed by atoms with Gasteiger partial charge in [0.2, 0.25) is 5.91 Å². The maximum absolute atomic E-state index is 13.4. The lowest BCUT2D eigenvalue weighted by Gasteiger charge is -2.34. The van der Waals surface area contributed by atoms with Gasteiger partial charge < -0.3 is 4.90 Å². The Bertz CT molecular complexity index is 1260. The topological polar surface area (TPSA) is 80.2 Å². The molecule has 1 atom stereocenters. The van der Waals surface area contributed by atoms with Gasteiger partial charge in [0.25, 0.3) is 0 Å². The number of aromatic nitrogens is 2. The molecule has 8 heteroatoms. The average Bonchev–Trinajstić information content (AvgIpc) is 3.48. The van der Waals surface area contributed by atoms with Crippen molar-refractivity contribution in [3.63, 3.8) is 0 Å². The highest BCUT2D eigenvalue weighted by Gasteiger charge is 2.38. The van der Waals surface area contributed by atoms with Gasteiger partial charge in [0.05, 0.1) is 17.3 Å². The van der Waals surface area contributed by atoms with Crippen molar-refractivity contribution >= 4 is 38.3 Å². The summed E-state index contributed by atoms with van der Waals surface area (Å²) in [5, 5.41) is 11.7. The maximum Gasteiger partial charge on any atom is 0.233 e. The molecule has 0 bridgehead atoms. The molecule has 0 unspecified atom stereocenters. The van der Waals surface area contributed by atoms with E-state index in [0.717, 1.165) is 52.7 Å². The summed E-state index contributed by atoms with van der Waals surface area (Å²) in [6, 6.07) is 17.9. The second-order valence-electron chi connectivity index (χ2n) is 8.85. The minimum Gasteiger partial charge on any atom is -0.335 e. The van der Waals surface area contributed by atoms with Crippen LogP contribution in [-0.2, 0) is 14.6 Å². The van der Waals surface area contributed by atoms with Gasteiger partial charge in [-0.25, -0.2) is 8.42 Å². The SMILES string of the molecule is O=C(CSc1nnc(-c2ccccc2)c2ccccc12)N(C1CCCC1)[C@@H]1CCS(=O)(=O)C1. The molecule has 0 N–H and O–H groups in total. The summed E-state index contributed by atoms with van der Waals surface area (Å²) in [6.07, 6.45) is 4.66. The number of sulfone groups is 1. The molecule has 2 fully saturated rings. The van der Waals surface area contributed by atoms with Gasteiger partial charge in [-0.15, -0.1) is 10.2 Å². The summed E-state index contributed by atoms with van der Waals surface area (Å²) in [7, 11) is -3.05. The van der Waals surface area contributed by atoms with Crippen LogP contribution in [0.1, 0.15) is 32.1 Å². The second-order valence-corrected chi connectivity index (χ2v) is 12.0. The lowest BCUT2D eigenvalue weighted by Crippen LogP contribution is -2.47. The average molecular weight is 482 g/mol. The minimum absolute atomic E-state index is 0.00650. The number of thioether (sulfide) groups is 1. The first kappa shape index (κ1) is 22.3. The van der Waals surface area contributed by atoms with Crippen LogP contribution in [0.5, 0.6) is 0 Å². The number of hydrogen-bond acceptors (Lipinski definition) is 6. The quantitative estimate of drug-likeness (QED) is 0.487. The fourth-order valence-corrected chi connectivity index (χ4v) is 7.64. The summed E-state index contributed by atoms with van der Waals surface area (Å²) in [4.78, 5) is 15.3. The predicted molar refractivity (Wildman–Crippen MR) is 132 cm³/mol. The number of rotatable bonds is 6. The molecule has 5 rings (SSSR count). The molecule has 0 spiro atoms. The summed E-state index contributed by atoms with van der Waals surface area (Å²) in [5.41, 5.74) is 1.83. The van der Waals surface area contributed by atoms with Crippen molar-refractivity contribution in [1.82, 2.24) is 15.1 Å². The standard InChI is InChI=1S/C25H27N3O3S2/c29-23(28(19-10-4-5-11-19)20-14-15-33(30,31)17-20)16-32-25-22-13-7-6-12-21(22)24(26-27-25)18-8-2-1-3-9-18/h1-3,6-9,12-13,19-20H,4-5,10-11,14-17H2/t20-/m1/s1. The van der Waals surface area contributed by atoms with Crippen LogP contribution in [0, 0.1) is 0 Å². The van der Waals surface area contributed by atoms with Gasteiger partial charge in [-0.05, 0) is 19.3 Å². The Morgan fingerprint density at radius 3 is 2.30 bits per heavy atom. The summed E-state index contributed by atoms with van der Waals surface area (Å²) in [5.74, 6) is 0.510. The largest absolute Gasteiger partial charge is 0.335 e. The van der Waals surface area contributed by atoms with E-state index in [4.69, 9.17) is 0 Å². The lowest BCUT2D eigenvalue weighted by molar-refractivity contribution is -0.132. The third kappa shape index (κ3) is 4.77. The van der Waals surface area contributed by atoms with E-state index in [1.54, 1.807) is 0 Å². The highest BCUT2D eigenvalue weighted by molar-refractivity contribution is 8.00. The Kier molecular flexibility index (Phi) is 6.38. The Labute approximate surface area is 198 Å². The van der Waals surface area contributed by atoms with Gasteiger partial charge in [0, 0.05) is 28.4 Å². The zero-order chi connectivity index (χ0) is 22.8. The number of carbonyl (C=O) groups excluding carboxylic acids is 1. The molecule has 1 saturated heterocycles. The van der Waals surface area contributed by atoms with Crippen molar-refractivity contribution in [3.8, 4) is 11.3 Å². The Morgan fingerprint density at radius 1 is 0.909 bits per heavy atom. The van der Waals surface area contributed by atoms with Crippen LogP contribution in [0.15, 0.2) is 59.6 Å². The Balaban J connectivity index is 1.39. The van der Waals surface area contributed by atoms with Gasteiger partial charge >= 0.3 is 0 Å². The van der Waals surface area contributed by atoms with Crippen molar-refractivity contribution in [3.05, 3.63) is 54.6 Å². The molecule has 33 heavy (non-hydrogen) atoms. The molecule has 3 aromatic rings. The van der Waals surface area contributed by atoms with Gasteiger partial charge in [-0.1, -0.05) is 79.2 Å². The second kappa shape index (κ2) is 9.43. The van der Waals surface area contributed by atoms with Crippen LogP contribution in [0.25, 0.3) is 22.0 Å². The molecular formula is C25H27N3O3S2. The molecule has 6 nitrogen and oxygen atoms in total. The zero-order valence-electron chi connectivity index (χ0n) is 18.4. The highest BCUT2D eigenvalue weighted by atomic mass is 32.2. The van der Waals surface area contributed by atoms with E-state index < -0.39 is 9.84 Å². The van der Waals surface area contributed by atoms with E-state index in [1.807, 2.05) is 59.5 Å². The zero-order valence-corrected chi connectivity index (χ0v) is 20.0. The molecule has 2 aliphatic rings. The van der Waals surface area contributed by atoms with E-state index in [0.29, 0.717) is 6.42 Å². The first-order valence-electron chi connectivity index (χ1n) is 11.5. The van der Waals surface area contributed by atoms with E-state index in [2.05, 4.69) is 10.2 Å². The number of amides is 1. The van der Waals surface area contributed by atoms with Crippen LogP contribution in [0.3, 0.4) is 0 Å². The molecular weight excluding hydrogens is 454 g/mol. The van der Waals surface area contributed by atoms with E-state index >= 15 is 0 Å². The minimum atomic E-state index is -3.05. The number of benzene rings is 2. The van der Waals surface area contributed by atoms with E-state index in [1.165, 1.54) is 11.8 Å². The first-order valence-corrected chi connectivity index (χ1v) is 14.3. The molecule has 2 aromatic carbocycles. The molecule has 2 heterocycles. The van der Waals surface area contributed by atoms with Crippen molar-refractivity contribution in [2.75, 3.05) is 17.3 Å². The Morgan fingerprint density at radius 2 is 1.61 bits per heavy atom. The molecule has 1 aliphatic heterocycles. The fourth-order valence-electron chi connectivity index (χ4n) is 5.08. The van der Waals surface area contributed by atoms with Gasteiger partial charge in [0.1, 0.15) is 10.7 Å². The maximum atomic E-state index is 13.4. The van der Waals surface area contributed by atoms with Crippen LogP contribution in [0.2, 0.25) is 0 Å². The van der Waals surface area contributed by atoms with Gasteiger partial charge in [-0.2, -0.15) is 0 Å². The van der Waals surface area contributed by atoms with Gasteiger partial charge in [-0.3, -0.25) is 4.79 Å². The summed E-state index contributed by atoms with van der Waals surface area (Å²) >= 11 is 1.39. The molecule has 1 saturated carbocycles. The monoisotopic (exact) mass is 481 g/mol. The number of fused-ring (bicyclic) bond motifs is 1. The van der Waals surface area contributed by atoms with E-state index in [9.17, 15) is 13.2 Å². The van der Waals surface area contributed by atoms with Crippen molar-refractivity contribution in [2.45, 2.75) is 49.2 Å². The highest BCUT2D eigenvalue weighted by Crippen LogP contribution is 2.33. The first-order chi connectivity index (χ1) is 16.0. The molecule has 1 aliphatic carbocycles. The van der Waals surface area contributed by atoms with Crippen LogP contribution >= 0.6 is 11.8 Å². The number of hydrogen-bond donors (Lipinski definition) is 0. The predicted octanol–water partition coefficient (Wildman–Crippen LogP) is 4.35.